The van der Waals surface area contributed by atoms with Crippen molar-refractivity contribution in [2.45, 2.75) is 36.4 Å². The number of hydrogen-bond acceptors (Lipinski definition) is 3. The maximum Gasteiger partial charge on any atom is 0.262 e. The Balaban J connectivity index is 2.81. The summed E-state index contributed by atoms with van der Waals surface area (Å²) in [4.78, 5) is 12.8. The van der Waals surface area contributed by atoms with Gasteiger partial charge in [0.15, 0.2) is 0 Å². The van der Waals surface area contributed by atoms with Crippen molar-refractivity contribution >= 4 is 29.0 Å². The number of thiophene rings is 1. The summed E-state index contributed by atoms with van der Waals surface area (Å²) in [5.74, 6) is 2.63. The molecule has 0 aliphatic heterocycles. The molecular weight excluding hydrogens is 250 g/mol. The molecule has 1 rings (SSSR count). The van der Waals surface area contributed by atoms with E-state index in [0.29, 0.717) is 0 Å². The molecule has 0 bridgehead atoms. The first-order valence-corrected chi connectivity index (χ1v) is 7.59. The molecule has 0 unspecified atom stereocenters. The molecule has 0 saturated carbocycles. The average Bonchev–Trinajstić information content (AvgIpc) is 2.85. The van der Waals surface area contributed by atoms with Gasteiger partial charge in [-0.15, -0.1) is 29.5 Å². The van der Waals surface area contributed by atoms with E-state index in [2.05, 4.69) is 11.2 Å². The van der Waals surface area contributed by atoms with Gasteiger partial charge >= 0.3 is 0 Å². The molecule has 0 atom stereocenters. The monoisotopic (exact) mass is 267 g/mol. The summed E-state index contributed by atoms with van der Waals surface area (Å²) in [6, 6.07) is 3.80. The maximum atomic E-state index is 12.1. The molecule has 1 amide bonds. The van der Waals surface area contributed by atoms with Crippen LogP contribution in [0.3, 0.4) is 0 Å². The lowest BCUT2D eigenvalue weighted by Crippen LogP contribution is -2.46. The number of carbonyl (C=O) groups is 1. The molecule has 92 valence electrons. The van der Waals surface area contributed by atoms with E-state index in [-0.39, 0.29) is 5.91 Å². The first-order valence-electron chi connectivity index (χ1n) is 5.55. The zero-order chi connectivity index (χ0) is 12.9. The third-order valence-electron chi connectivity index (χ3n) is 2.84. The molecule has 0 aliphatic carbocycles. The van der Waals surface area contributed by atoms with Gasteiger partial charge in [0.25, 0.3) is 5.91 Å². The van der Waals surface area contributed by atoms with Gasteiger partial charge in [0.05, 0.1) is 9.09 Å². The highest BCUT2D eigenvalue weighted by Crippen LogP contribution is 2.26. The minimum Gasteiger partial charge on any atom is -0.335 e. The van der Waals surface area contributed by atoms with E-state index in [1.807, 2.05) is 32.2 Å². The van der Waals surface area contributed by atoms with Crippen LogP contribution in [0.25, 0.3) is 0 Å². The number of rotatable bonds is 5. The Morgan fingerprint density at radius 2 is 2.18 bits per heavy atom. The quantitative estimate of drug-likeness (QED) is 0.654. The molecule has 17 heavy (non-hydrogen) atoms. The van der Waals surface area contributed by atoms with Gasteiger partial charge in [-0.25, -0.2) is 0 Å². The number of hydrogen-bond donors (Lipinski definition) is 1. The van der Waals surface area contributed by atoms with Gasteiger partial charge in [-0.3, -0.25) is 4.79 Å². The third kappa shape index (κ3) is 3.27. The Morgan fingerprint density at radius 1 is 1.53 bits per heavy atom. The lowest BCUT2D eigenvalue weighted by molar-refractivity contribution is 0.0920. The highest BCUT2D eigenvalue weighted by molar-refractivity contribution is 8.00. The van der Waals surface area contributed by atoms with Gasteiger partial charge in [0.2, 0.25) is 0 Å². The summed E-state index contributed by atoms with van der Waals surface area (Å²) in [6.07, 6.45) is 9.00. The molecule has 0 radical (unpaired) electrons. The van der Waals surface area contributed by atoms with Crippen LogP contribution in [0.2, 0.25) is 0 Å². The van der Waals surface area contributed by atoms with E-state index in [0.717, 1.165) is 21.9 Å². The van der Waals surface area contributed by atoms with Crippen molar-refractivity contribution in [3.8, 4) is 12.3 Å². The average molecular weight is 267 g/mol. The van der Waals surface area contributed by atoms with Crippen LogP contribution >= 0.6 is 23.1 Å². The van der Waals surface area contributed by atoms with Gasteiger partial charge in [-0.1, -0.05) is 19.8 Å². The van der Waals surface area contributed by atoms with Crippen molar-refractivity contribution in [2.24, 2.45) is 0 Å². The van der Waals surface area contributed by atoms with Crippen molar-refractivity contribution < 1.29 is 4.79 Å². The van der Waals surface area contributed by atoms with Gasteiger partial charge < -0.3 is 5.32 Å². The van der Waals surface area contributed by atoms with E-state index in [1.165, 1.54) is 11.3 Å². The van der Waals surface area contributed by atoms with Crippen LogP contribution in [0.5, 0.6) is 0 Å². The Morgan fingerprint density at radius 3 is 2.59 bits per heavy atom. The van der Waals surface area contributed by atoms with Crippen LogP contribution < -0.4 is 5.32 Å². The van der Waals surface area contributed by atoms with Crippen molar-refractivity contribution in [1.29, 1.82) is 0 Å². The van der Waals surface area contributed by atoms with E-state index in [9.17, 15) is 4.79 Å². The standard InChI is InChI=1S/C13H17NOS2/c1-5-13(6-2,7-3)14-12(15)10-8-9-11(16-4)17-10/h1,8-9H,6-7H2,2-4H3,(H,14,15). The van der Waals surface area contributed by atoms with Gasteiger partial charge in [-0.05, 0) is 31.2 Å². The lowest BCUT2D eigenvalue weighted by Gasteiger charge is -2.26. The Labute approximate surface area is 111 Å². The normalized spacial score (nSPS) is 10.9. The van der Waals surface area contributed by atoms with E-state index in [1.54, 1.807) is 11.8 Å². The number of nitrogens with one attached hydrogen (secondary N) is 1. The minimum absolute atomic E-state index is 0.0723. The topological polar surface area (TPSA) is 29.1 Å². The van der Waals surface area contributed by atoms with Gasteiger partial charge in [0.1, 0.15) is 5.54 Å². The molecule has 1 aromatic rings. The summed E-state index contributed by atoms with van der Waals surface area (Å²) in [5, 5.41) is 2.96. The number of thioether (sulfide) groups is 1. The fraction of sp³-hybridized carbons (Fsp3) is 0.462. The second-order valence-electron chi connectivity index (χ2n) is 3.71. The second kappa shape index (κ2) is 6.13. The number of terminal acetylenes is 1. The van der Waals surface area contributed by atoms with E-state index < -0.39 is 5.54 Å². The number of amides is 1. The molecule has 0 spiro atoms. The van der Waals surface area contributed by atoms with Crippen LogP contribution in [-0.4, -0.2) is 17.7 Å². The van der Waals surface area contributed by atoms with E-state index >= 15 is 0 Å². The molecule has 2 nitrogen and oxygen atoms in total. The minimum atomic E-state index is -0.513. The first kappa shape index (κ1) is 14.1. The lowest BCUT2D eigenvalue weighted by atomic mass is 9.94. The largest absolute Gasteiger partial charge is 0.335 e. The fourth-order valence-electron chi connectivity index (χ4n) is 1.50. The Hall–Kier alpha value is -0.920. The van der Waals surface area contributed by atoms with Gasteiger partial charge in [-0.2, -0.15) is 0 Å². The number of carbonyl (C=O) groups excluding carboxylic acids is 1. The Bertz CT molecular complexity index is 427. The van der Waals surface area contributed by atoms with Crippen molar-refractivity contribution in [1.82, 2.24) is 5.32 Å². The predicted molar refractivity (Wildman–Crippen MR) is 75.7 cm³/mol. The van der Waals surface area contributed by atoms with Crippen molar-refractivity contribution in [3.05, 3.63) is 17.0 Å². The zero-order valence-corrected chi connectivity index (χ0v) is 12.0. The highest BCUT2D eigenvalue weighted by Gasteiger charge is 2.26. The molecule has 1 N–H and O–H groups in total. The summed E-state index contributed by atoms with van der Waals surface area (Å²) < 4.78 is 1.13. The zero-order valence-electron chi connectivity index (χ0n) is 10.4. The second-order valence-corrected chi connectivity index (χ2v) is 5.90. The molecule has 1 heterocycles. The Kier molecular flexibility index (Phi) is 5.10. The molecule has 0 saturated heterocycles. The van der Waals surface area contributed by atoms with Crippen LogP contribution in [0.1, 0.15) is 36.4 Å². The van der Waals surface area contributed by atoms with Gasteiger partial charge in [0, 0.05) is 0 Å². The molecule has 0 aromatic carbocycles. The van der Waals surface area contributed by atoms with Crippen molar-refractivity contribution in [3.63, 3.8) is 0 Å². The maximum absolute atomic E-state index is 12.1. The fourth-order valence-corrected chi connectivity index (χ4v) is 2.94. The van der Waals surface area contributed by atoms with Crippen LogP contribution in [0.15, 0.2) is 16.3 Å². The summed E-state index contributed by atoms with van der Waals surface area (Å²) in [7, 11) is 0. The summed E-state index contributed by atoms with van der Waals surface area (Å²) >= 11 is 3.14. The highest BCUT2D eigenvalue weighted by atomic mass is 32.2. The summed E-state index contributed by atoms with van der Waals surface area (Å²) in [6.45, 7) is 3.98. The third-order valence-corrected chi connectivity index (χ3v) is 5.01. The first-order chi connectivity index (χ1) is 8.10. The molecule has 1 aromatic heterocycles. The molecular formula is C13H17NOS2. The summed E-state index contributed by atoms with van der Waals surface area (Å²) in [5.41, 5.74) is -0.513. The molecule has 0 aliphatic rings. The van der Waals surface area contributed by atoms with Crippen LogP contribution in [0, 0.1) is 12.3 Å². The predicted octanol–water partition coefficient (Wildman–Crippen LogP) is 3.39. The van der Waals surface area contributed by atoms with Crippen LogP contribution in [0.4, 0.5) is 0 Å². The van der Waals surface area contributed by atoms with Crippen LogP contribution in [-0.2, 0) is 0 Å². The SMILES string of the molecule is C#CC(CC)(CC)NC(=O)c1ccc(SC)s1. The van der Waals surface area contributed by atoms with E-state index in [4.69, 9.17) is 6.42 Å². The molecule has 4 heteroatoms. The smallest absolute Gasteiger partial charge is 0.262 e. The van der Waals surface area contributed by atoms with Crippen molar-refractivity contribution in [2.75, 3.05) is 6.26 Å². The molecule has 0 fully saturated rings.